The van der Waals surface area contributed by atoms with Crippen molar-refractivity contribution in [1.82, 2.24) is 5.32 Å². The van der Waals surface area contributed by atoms with E-state index in [0.29, 0.717) is 6.04 Å². The van der Waals surface area contributed by atoms with Crippen LogP contribution in [0.25, 0.3) is 0 Å². The SMILES string of the molecule is CCNC(Cc1ccccc1Cl)c1cccc(CC)c1. The zero-order valence-electron chi connectivity index (χ0n) is 12.2. The van der Waals surface area contributed by atoms with E-state index < -0.39 is 0 Å². The molecule has 2 rings (SSSR count). The summed E-state index contributed by atoms with van der Waals surface area (Å²) in [4.78, 5) is 0. The van der Waals surface area contributed by atoms with E-state index in [1.54, 1.807) is 0 Å². The van der Waals surface area contributed by atoms with Crippen molar-refractivity contribution < 1.29 is 0 Å². The van der Waals surface area contributed by atoms with Gasteiger partial charge in [-0.3, -0.25) is 0 Å². The minimum Gasteiger partial charge on any atom is -0.310 e. The first kappa shape index (κ1) is 15.1. The van der Waals surface area contributed by atoms with Crippen molar-refractivity contribution in [3.63, 3.8) is 0 Å². The molecule has 2 aromatic rings. The van der Waals surface area contributed by atoms with E-state index in [9.17, 15) is 0 Å². The maximum Gasteiger partial charge on any atom is 0.0438 e. The van der Waals surface area contributed by atoms with Crippen molar-refractivity contribution in [3.05, 3.63) is 70.2 Å². The number of aryl methyl sites for hydroxylation is 1. The average Bonchev–Trinajstić information content (AvgIpc) is 2.49. The van der Waals surface area contributed by atoms with Crippen LogP contribution in [-0.4, -0.2) is 6.54 Å². The molecule has 0 spiro atoms. The number of benzene rings is 2. The van der Waals surface area contributed by atoms with Gasteiger partial charge in [0.25, 0.3) is 0 Å². The van der Waals surface area contributed by atoms with Crippen molar-refractivity contribution in [1.29, 1.82) is 0 Å². The van der Waals surface area contributed by atoms with E-state index in [4.69, 9.17) is 11.6 Å². The first-order valence-electron chi connectivity index (χ1n) is 7.30. The highest BCUT2D eigenvalue weighted by Crippen LogP contribution is 2.24. The minimum absolute atomic E-state index is 0.311. The Kier molecular flexibility index (Phi) is 5.63. The number of nitrogens with one attached hydrogen (secondary N) is 1. The largest absolute Gasteiger partial charge is 0.310 e. The molecule has 1 atom stereocenters. The first-order valence-corrected chi connectivity index (χ1v) is 7.68. The minimum atomic E-state index is 0.311. The van der Waals surface area contributed by atoms with Gasteiger partial charge in [-0.2, -0.15) is 0 Å². The molecule has 0 aliphatic carbocycles. The molecule has 1 N–H and O–H groups in total. The second-order valence-electron chi connectivity index (χ2n) is 5.00. The van der Waals surface area contributed by atoms with Crippen LogP contribution < -0.4 is 5.32 Å². The lowest BCUT2D eigenvalue weighted by Crippen LogP contribution is -2.23. The van der Waals surface area contributed by atoms with Gasteiger partial charge in [0, 0.05) is 11.1 Å². The topological polar surface area (TPSA) is 12.0 Å². The predicted octanol–water partition coefficient (Wildman–Crippen LogP) is 4.80. The normalized spacial score (nSPS) is 12.3. The summed E-state index contributed by atoms with van der Waals surface area (Å²) in [5.74, 6) is 0. The highest BCUT2D eigenvalue weighted by molar-refractivity contribution is 6.31. The van der Waals surface area contributed by atoms with E-state index in [1.807, 2.05) is 18.2 Å². The van der Waals surface area contributed by atoms with E-state index in [0.717, 1.165) is 24.4 Å². The maximum absolute atomic E-state index is 6.29. The summed E-state index contributed by atoms with van der Waals surface area (Å²) < 4.78 is 0. The smallest absolute Gasteiger partial charge is 0.0438 e. The van der Waals surface area contributed by atoms with Crippen molar-refractivity contribution in [2.75, 3.05) is 6.54 Å². The molecule has 1 nitrogen and oxygen atoms in total. The summed E-state index contributed by atoms with van der Waals surface area (Å²) in [6.07, 6.45) is 1.99. The molecule has 0 bridgehead atoms. The Bertz CT molecular complexity index is 551. The fourth-order valence-corrected chi connectivity index (χ4v) is 2.68. The molecule has 106 valence electrons. The van der Waals surface area contributed by atoms with Crippen LogP contribution in [-0.2, 0) is 12.8 Å². The molecule has 1 unspecified atom stereocenters. The van der Waals surface area contributed by atoms with Crippen LogP contribution in [0.2, 0.25) is 5.02 Å². The van der Waals surface area contributed by atoms with Gasteiger partial charge >= 0.3 is 0 Å². The molecule has 0 fully saturated rings. The monoisotopic (exact) mass is 287 g/mol. The van der Waals surface area contributed by atoms with Crippen molar-refractivity contribution in [2.24, 2.45) is 0 Å². The third kappa shape index (κ3) is 3.84. The standard InChI is InChI=1S/C18H22ClN/c1-3-14-8-7-10-16(12-14)18(20-4-2)13-15-9-5-6-11-17(15)19/h5-12,18,20H,3-4,13H2,1-2H3. The molecule has 0 saturated heterocycles. The lowest BCUT2D eigenvalue weighted by atomic mass is 9.96. The van der Waals surface area contributed by atoms with Crippen LogP contribution in [0.5, 0.6) is 0 Å². The molecule has 0 amide bonds. The van der Waals surface area contributed by atoms with Gasteiger partial charge in [-0.25, -0.2) is 0 Å². The molecule has 2 aromatic carbocycles. The molecule has 0 saturated carbocycles. The number of hydrogen-bond donors (Lipinski definition) is 1. The molecule has 0 heterocycles. The van der Waals surface area contributed by atoms with Gasteiger partial charge in [0.05, 0.1) is 0 Å². The Balaban J connectivity index is 2.24. The summed E-state index contributed by atoms with van der Waals surface area (Å²) in [7, 11) is 0. The van der Waals surface area contributed by atoms with E-state index >= 15 is 0 Å². The van der Waals surface area contributed by atoms with Gasteiger partial charge in [0.15, 0.2) is 0 Å². The van der Waals surface area contributed by atoms with Crippen LogP contribution >= 0.6 is 11.6 Å². The van der Waals surface area contributed by atoms with E-state index in [2.05, 4.69) is 49.5 Å². The number of likely N-dealkylation sites (N-methyl/N-ethyl adjacent to an activating group) is 1. The lowest BCUT2D eigenvalue weighted by molar-refractivity contribution is 0.549. The molecule has 0 aromatic heterocycles. The average molecular weight is 288 g/mol. The molecule has 0 radical (unpaired) electrons. The third-order valence-electron chi connectivity index (χ3n) is 3.59. The number of halogens is 1. The summed E-state index contributed by atoms with van der Waals surface area (Å²) in [5, 5.41) is 4.42. The number of hydrogen-bond acceptors (Lipinski definition) is 1. The third-order valence-corrected chi connectivity index (χ3v) is 3.96. The molecule has 20 heavy (non-hydrogen) atoms. The van der Waals surface area contributed by atoms with Gasteiger partial charge in [0.2, 0.25) is 0 Å². The summed E-state index contributed by atoms with van der Waals surface area (Å²) in [6, 6.07) is 17.2. The fourth-order valence-electron chi connectivity index (χ4n) is 2.47. The fraction of sp³-hybridized carbons (Fsp3) is 0.333. The Labute approximate surface area is 127 Å². The second-order valence-corrected chi connectivity index (χ2v) is 5.41. The van der Waals surface area contributed by atoms with Gasteiger partial charge in [-0.1, -0.05) is 67.9 Å². The van der Waals surface area contributed by atoms with Crippen LogP contribution in [0.3, 0.4) is 0 Å². The van der Waals surface area contributed by atoms with Crippen molar-refractivity contribution in [2.45, 2.75) is 32.7 Å². The van der Waals surface area contributed by atoms with Crippen LogP contribution in [0, 0.1) is 0 Å². The molecule has 2 heteroatoms. The zero-order chi connectivity index (χ0) is 14.4. The zero-order valence-corrected chi connectivity index (χ0v) is 13.0. The Morgan fingerprint density at radius 2 is 1.85 bits per heavy atom. The van der Waals surface area contributed by atoms with Crippen LogP contribution in [0.15, 0.2) is 48.5 Å². The molecule has 0 aliphatic heterocycles. The van der Waals surface area contributed by atoms with Gasteiger partial charge in [-0.15, -0.1) is 0 Å². The van der Waals surface area contributed by atoms with E-state index in [1.165, 1.54) is 16.7 Å². The van der Waals surface area contributed by atoms with Gasteiger partial charge in [0.1, 0.15) is 0 Å². The summed E-state index contributed by atoms with van der Waals surface area (Å²) in [6.45, 7) is 5.28. The lowest BCUT2D eigenvalue weighted by Gasteiger charge is -2.20. The number of rotatable bonds is 6. The summed E-state index contributed by atoms with van der Waals surface area (Å²) >= 11 is 6.29. The van der Waals surface area contributed by atoms with Gasteiger partial charge < -0.3 is 5.32 Å². The molecular formula is C18H22ClN. The summed E-state index contributed by atoms with van der Waals surface area (Å²) in [5.41, 5.74) is 3.91. The van der Waals surface area contributed by atoms with Crippen molar-refractivity contribution >= 4 is 11.6 Å². The van der Waals surface area contributed by atoms with Gasteiger partial charge in [-0.05, 0) is 42.1 Å². The van der Waals surface area contributed by atoms with Crippen LogP contribution in [0.1, 0.15) is 36.6 Å². The highest BCUT2D eigenvalue weighted by Gasteiger charge is 2.13. The quantitative estimate of drug-likeness (QED) is 0.805. The first-order chi connectivity index (χ1) is 9.74. The Morgan fingerprint density at radius 3 is 2.55 bits per heavy atom. The highest BCUT2D eigenvalue weighted by atomic mass is 35.5. The second kappa shape index (κ2) is 7.47. The Morgan fingerprint density at radius 1 is 1.05 bits per heavy atom. The van der Waals surface area contributed by atoms with Crippen molar-refractivity contribution in [3.8, 4) is 0 Å². The Hall–Kier alpha value is -1.31. The molecule has 0 aliphatic rings. The molecular weight excluding hydrogens is 266 g/mol. The maximum atomic E-state index is 6.29. The van der Waals surface area contributed by atoms with Crippen LogP contribution in [0.4, 0.5) is 0 Å². The van der Waals surface area contributed by atoms with E-state index in [-0.39, 0.29) is 0 Å². The predicted molar refractivity (Wildman–Crippen MR) is 87.4 cm³/mol.